The fourth-order valence-electron chi connectivity index (χ4n) is 2.20. The summed E-state index contributed by atoms with van der Waals surface area (Å²) in [5, 5.41) is 3.06. The molecule has 1 aromatic rings. The van der Waals surface area contributed by atoms with Gasteiger partial charge < -0.3 is 26.4 Å². The molecule has 114 valence electrons. The third-order valence-corrected chi connectivity index (χ3v) is 3.40. The van der Waals surface area contributed by atoms with Crippen molar-refractivity contribution in [2.75, 3.05) is 37.4 Å². The molecule has 1 heterocycles. The van der Waals surface area contributed by atoms with E-state index in [-0.39, 0.29) is 5.91 Å². The summed E-state index contributed by atoms with van der Waals surface area (Å²) < 4.78 is 5.22. The maximum absolute atomic E-state index is 12.3. The van der Waals surface area contributed by atoms with E-state index < -0.39 is 11.9 Å². The Bertz CT molecular complexity index is 541. The highest BCUT2D eigenvalue weighted by Crippen LogP contribution is 2.21. The van der Waals surface area contributed by atoms with E-state index in [1.807, 2.05) is 0 Å². The lowest BCUT2D eigenvalue weighted by Crippen LogP contribution is -2.47. The maximum atomic E-state index is 12.3. The van der Waals surface area contributed by atoms with Gasteiger partial charge in [-0.15, -0.1) is 0 Å². The summed E-state index contributed by atoms with van der Waals surface area (Å²) in [6.45, 7) is 4.10. The van der Waals surface area contributed by atoms with E-state index in [0.29, 0.717) is 43.2 Å². The average Bonchev–Trinajstić information content (AvgIpc) is 2.49. The molecule has 5 N–H and O–H groups in total. The Balaban J connectivity index is 2.03. The minimum Gasteiger partial charge on any atom is -0.397 e. The molecule has 1 saturated heterocycles. The molecular weight excluding hydrogens is 272 g/mol. The van der Waals surface area contributed by atoms with E-state index in [4.69, 9.17) is 16.2 Å². The number of nitrogens with zero attached hydrogens (tertiary/aromatic N) is 1. The largest absolute Gasteiger partial charge is 0.397 e. The van der Waals surface area contributed by atoms with E-state index >= 15 is 0 Å². The highest BCUT2D eigenvalue weighted by molar-refractivity contribution is 5.95. The summed E-state index contributed by atoms with van der Waals surface area (Å²) >= 11 is 0. The number of ether oxygens (including phenoxy) is 1. The molecule has 1 fully saturated rings. The van der Waals surface area contributed by atoms with Crippen molar-refractivity contribution in [2.24, 2.45) is 5.73 Å². The summed E-state index contributed by atoms with van der Waals surface area (Å²) in [7, 11) is 0. The third-order valence-electron chi connectivity index (χ3n) is 3.40. The lowest BCUT2D eigenvalue weighted by molar-refractivity contribution is -0.135. The van der Waals surface area contributed by atoms with Gasteiger partial charge in [0.25, 0.3) is 0 Å². The Kier molecular flexibility index (Phi) is 4.64. The Labute approximate surface area is 123 Å². The number of anilines is 2. The minimum atomic E-state index is -0.536. The SMILES string of the molecule is CC(Nc1ccc(C(N)=O)cc1N)C(=O)N1CCOCC1. The van der Waals surface area contributed by atoms with Crippen LogP contribution in [-0.2, 0) is 9.53 Å². The first-order chi connectivity index (χ1) is 9.99. The molecule has 0 bridgehead atoms. The molecule has 1 aliphatic heterocycles. The molecule has 1 aromatic carbocycles. The molecule has 1 atom stereocenters. The lowest BCUT2D eigenvalue weighted by atomic mass is 10.1. The van der Waals surface area contributed by atoms with Crippen molar-refractivity contribution in [3.8, 4) is 0 Å². The third kappa shape index (κ3) is 3.63. The van der Waals surface area contributed by atoms with Crippen LogP contribution in [0.5, 0.6) is 0 Å². The fraction of sp³-hybridized carbons (Fsp3) is 0.429. The first kappa shape index (κ1) is 15.1. The quantitative estimate of drug-likeness (QED) is 0.678. The van der Waals surface area contributed by atoms with Crippen LogP contribution in [0.25, 0.3) is 0 Å². The number of carbonyl (C=O) groups excluding carboxylic acids is 2. The molecule has 2 amide bonds. The van der Waals surface area contributed by atoms with Crippen LogP contribution >= 0.6 is 0 Å². The van der Waals surface area contributed by atoms with E-state index in [2.05, 4.69) is 5.32 Å². The molecule has 0 saturated carbocycles. The molecule has 0 aliphatic carbocycles. The fourth-order valence-corrected chi connectivity index (χ4v) is 2.20. The van der Waals surface area contributed by atoms with Crippen LogP contribution in [-0.4, -0.2) is 49.1 Å². The van der Waals surface area contributed by atoms with Crippen molar-refractivity contribution >= 4 is 23.2 Å². The second-order valence-corrected chi connectivity index (χ2v) is 4.97. The monoisotopic (exact) mass is 292 g/mol. The molecule has 0 spiro atoms. The van der Waals surface area contributed by atoms with E-state index in [1.165, 1.54) is 6.07 Å². The number of benzene rings is 1. The zero-order valence-electron chi connectivity index (χ0n) is 12.0. The first-order valence-electron chi connectivity index (χ1n) is 6.81. The summed E-state index contributed by atoms with van der Waals surface area (Å²) in [5.74, 6) is -0.539. The normalized spacial score (nSPS) is 16.3. The standard InChI is InChI=1S/C14H20N4O3/c1-9(14(20)18-4-6-21-7-5-18)17-12-3-2-10(13(16)19)8-11(12)15/h2-3,8-9,17H,4-7,15H2,1H3,(H2,16,19). The number of primary amides is 1. The van der Waals surface area contributed by atoms with Gasteiger partial charge in [0.2, 0.25) is 11.8 Å². The van der Waals surface area contributed by atoms with Crippen LogP contribution in [0.4, 0.5) is 11.4 Å². The average molecular weight is 292 g/mol. The van der Waals surface area contributed by atoms with Crippen molar-refractivity contribution < 1.29 is 14.3 Å². The summed E-state index contributed by atoms with van der Waals surface area (Å²) in [4.78, 5) is 25.1. The number of rotatable bonds is 4. The second kappa shape index (κ2) is 6.45. The number of carbonyl (C=O) groups is 2. The molecule has 2 rings (SSSR count). The van der Waals surface area contributed by atoms with Crippen LogP contribution < -0.4 is 16.8 Å². The van der Waals surface area contributed by atoms with Crippen molar-refractivity contribution in [3.63, 3.8) is 0 Å². The topological polar surface area (TPSA) is 111 Å². The zero-order valence-corrected chi connectivity index (χ0v) is 12.0. The minimum absolute atomic E-state index is 0.00308. The van der Waals surface area contributed by atoms with Gasteiger partial charge in [0.15, 0.2) is 0 Å². The second-order valence-electron chi connectivity index (χ2n) is 4.97. The van der Waals surface area contributed by atoms with Gasteiger partial charge in [-0.3, -0.25) is 9.59 Å². The molecule has 0 radical (unpaired) electrons. The van der Waals surface area contributed by atoms with Gasteiger partial charge in [0, 0.05) is 18.7 Å². The number of nitrogens with two attached hydrogens (primary N) is 2. The molecule has 7 nitrogen and oxygen atoms in total. The maximum Gasteiger partial charge on any atom is 0.248 e. The van der Waals surface area contributed by atoms with Crippen molar-refractivity contribution in [3.05, 3.63) is 23.8 Å². The molecule has 21 heavy (non-hydrogen) atoms. The van der Waals surface area contributed by atoms with Crippen LogP contribution in [0.1, 0.15) is 17.3 Å². The summed E-state index contributed by atoms with van der Waals surface area (Å²) in [5.41, 5.74) is 12.4. The van der Waals surface area contributed by atoms with E-state index in [9.17, 15) is 9.59 Å². The number of hydrogen-bond acceptors (Lipinski definition) is 5. The van der Waals surface area contributed by atoms with Crippen LogP contribution in [0.15, 0.2) is 18.2 Å². The molecule has 1 unspecified atom stereocenters. The van der Waals surface area contributed by atoms with Crippen LogP contribution in [0.3, 0.4) is 0 Å². The Hall–Kier alpha value is -2.28. The lowest BCUT2D eigenvalue weighted by Gasteiger charge is -2.30. The predicted octanol–water partition coefficient (Wildman–Crippen LogP) is 0.0269. The van der Waals surface area contributed by atoms with Crippen LogP contribution in [0.2, 0.25) is 0 Å². The van der Waals surface area contributed by atoms with Gasteiger partial charge in [-0.2, -0.15) is 0 Å². The Morgan fingerprint density at radius 1 is 1.33 bits per heavy atom. The Morgan fingerprint density at radius 3 is 2.57 bits per heavy atom. The number of nitrogens with one attached hydrogen (secondary N) is 1. The van der Waals surface area contributed by atoms with E-state index in [0.717, 1.165) is 0 Å². The number of morpholine rings is 1. The highest BCUT2D eigenvalue weighted by Gasteiger charge is 2.22. The van der Waals surface area contributed by atoms with Gasteiger partial charge in [-0.1, -0.05) is 0 Å². The van der Waals surface area contributed by atoms with Crippen molar-refractivity contribution in [1.82, 2.24) is 4.90 Å². The molecule has 1 aliphatic rings. The number of amides is 2. The summed E-state index contributed by atoms with van der Waals surface area (Å²) in [6.07, 6.45) is 0. The van der Waals surface area contributed by atoms with Crippen molar-refractivity contribution in [2.45, 2.75) is 13.0 Å². The highest BCUT2D eigenvalue weighted by atomic mass is 16.5. The first-order valence-corrected chi connectivity index (χ1v) is 6.81. The van der Waals surface area contributed by atoms with Gasteiger partial charge >= 0.3 is 0 Å². The van der Waals surface area contributed by atoms with Gasteiger partial charge in [0.05, 0.1) is 24.6 Å². The number of nitrogen functional groups attached to an aromatic ring is 1. The molecule has 0 aromatic heterocycles. The van der Waals surface area contributed by atoms with Gasteiger partial charge in [-0.25, -0.2) is 0 Å². The van der Waals surface area contributed by atoms with Crippen molar-refractivity contribution in [1.29, 1.82) is 0 Å². The Morgan fingerprint density at radius 2 is 2.00 bits per heavy atom. The smallest absolute Gasteiger partial charge is 0.248 e. The van der Waals surface area contributed by atoms with Gasteiger partial charge in [-0.05, 0) is 25.1 Å². The van der Waals surface area contributed by atoms with Crippen LogP contribution in [0, 0.1) is 0 Å². The molecule has 7 heteroatoms. The van der Waals surface area contributed by atoms with E-state index in [1.54, 1.807) is 24.0 Å². The number of hydrogen-bond donors (Lipinski definition) is 3. The van der Waals surface area contributed by atoms with Gasteiger partial charge in [0.1, 0.15) is 6.04 Å². The summed E-state index contributed by atoms with van der Waals surface area (Å²) in [6, 6.07) is 4.31. The molecular formula is C14H20N4O3. The predicted molar refractivity (Wildman–Crippen MR) is 79.9 cm³/mol. The zero-order chi connectivity index (χ0) is 15.4.